The van der Waals surface area contributed by atoms with Gasteiger partial charge in [-0.15, -0.1) is 0 Å². The first kappa shape index (κ1) is 18.5. The Morgan fingerprint density at radius 1 is 0.818 bits per heavy atom. The normalized spacial score (nSPS) is 17.0. The molecular formula is C14H26N2O6. The highest BCUT2D eigenvalue weighted by Crippen LogP contribution is 2.38. The molecule has 0 radical (unpaired) electrons. The minimum atomic E-state index is -1.11. The van der Waals surface area contributed by atoms with Crippen LogP contribution < -0.4 is 0 Å². The highest BCUT2D eigenvalue weighted by Gasteiger charge is 2.37. The van der Waals surface area contributed by atoms with Gasteiger partial charge in [-0.05, 0) is 12.8 Å². The van der Waals surface area contributed by atoms with E-state index >= 15 is 0 Å². The Kier molecular flexibility index (Phi) is 7.40. The van der Waals surface area contributed by atoms with Gasteiger partial charge in [-0.1, -0.05) is 19.3 Å². The Morgan fingerprint density at radius 3 is 1.55 bits per heavy atom. The van der Waals surface area contributed by atoms with E-state index in [0.717, 1.165) is 41.9 Å². The van der Waals surface area contributed by atoms with Gasteiger partial charge in [-0.2, -0.15) is 0 Å². The minimum Gasteiger partial charge on any atom is -0.465 e. The van der Waals surface area contributed by atoms with Crippen LogP contribution in [0.15, 0.2) is 0 Å². The molecule has 0 bridgehead atoms. The lowest BCUT2D eigenvalue weighted by molar-refractivity contribution is 0.0456. The number of amides is 2. The van der Waals surface area contributed by atoms with E-state index < -0.39 is 17.6 Å². The van der Waals surface area contributed by atoms with Gasteiger partial charge in [0, 0.05) is 31.6 Å². The fraction of sp³-hybridized carbons (Fsp3) is 0.857. The largest absolute Gasteiger partial charge is 0.465 e. The molecule has 0 heterocycles. The van der Waals surface area contributed by atoms with Crippen molar-refractivity contribution in [3.63, 3.8) is 0 Å². The van der Waals surface area contributed by atoms with E-state index in [2.05, 4.69) is 0 Å². The summed E-state index contributed by atoms with van der Waals surface area (Å²) in [7, 11) is 0. The third kappa shape index (κ3) is 5.34. The van der Waals surface area contributed by atoms with Crippen molar-refractivity contribution in [1.82, 2.24) is 9.80 Å². The van der Waals surface area contributed by atoms with Gasteiger partial charge in [-0.25, -0.2) is 9.59 Å². The second-order valence-electron chi connectivity index (χ2n) is 5.92. The number of carbonyl (C=O) groups is 2. The van der Waals surface area contributed by atoms with Crippen molar-refractivity contribution < 1.29 is 30.0 Å². The Bertz CT molecular complexity index is 342. The van der Waals surface area contributed by atoms with Gasteiger partial charge < -0.3 is 30.2 Å². The zero-order valence-electron chi connectivity index (χ0n) is 12.8. The van der Waals surface area contributed by atoms with Crippen LogP contribution in [0.2, 0.25) is 0 Å². The fourth-order valence-electron chi connectivity index (χ4n) is 3.20. The zero-order valence-corrected chi connectivity index (χ0v) is 12.8. The topological polar surface area (TPSA) is 122 Å². The monoisotopic (exact) mass is 318 g/mol. The van der Waals surface area contributed by atoms with Gasteiger partial charge in [-0.3, -0.25) is 0 Å². The van der Waals surface area contributed by atoms with Crippen molar-refractivity contribution in [2.75, 3.05) is 39.4 Å². The number of aliphatic hydroxyl groups is 2. The smallest absolute Gasteiger partial charge is 0.407 e. The van der Waals surface area contributed by atoms with Gasteiger partial charge in [0.1, 0.15) is 0 Å². The van der Waals surface area contributed by atoms with Crippen LogP contribution in [0.3, 0.4) is 0 Å². The molecule has 0 atom stereocenters. The van der Waals surface area contributed by atoms with Crippen molar-refractivity contribution in [2.45, 2.75) is 32.1 Å². The predicted octanol–water partition coefficient (Wildman–Crippen LogP) is 0.881. The molecule has 1 aliphatic carbocycles. The van der Waals surface area contributed by atoms with Crippen LogP contribution in [0, 0.1) is 5.41 Å². The SMILES string of the molecule is O=C(O)N(CCO)CC1(CN(CCO)C(=O)O)CCCCC1. The molecule has 1 aliphatic rings. The molecule has 0 unspecified atom stereocenters. The molecule has 22 heavy (non-hydrogen) atoms. The molecular weight excluding hydrogens is 292 g/mol. The van der Waals surface area contributed by atoms with Gasteiger partial charge in [0.25, 0.3) is 0 Å². The zero-order chi connectivity index (χ0) is 16.6. The number of rotatable bonds is 8. The molecule has 4 N–H and O–H groups in total. The molecule has 1 fully saturated rings. The maximum atomic E-state index is 11.3. The van der Waals surface area contributed by atoms with Crippen molar-refractivity contribution in [3.05, 3.63) is 0 Å². The Hall–Kier alpha value is -1.54. The maximum absolute atomic E-state index is 11.3. The molecule has 1 rings (SSSR count). The lowest BCUT2D eigenvalue weighted by atomic mass is 9.73. The first-order valence-corrected chi connectivity index (χ1v) is 7.61. The van der Waals surface area contributed by atoms with E-state index in [4.69, 9.17) is 10.2 Å². The summed E-state index contributed by atoms with van der Waals surface area (Å²) in [6.07, 6.45) is 2.20. The Labute approximate surface area is 129 Å². The standard InChI is InChI=1S/C14H26N2O6/c17-8-6-15(12(19)20)10-14(4-2-1-3-5-14)11-16(7-9-18)13(21)22/h17-18H,1-11H2,(H,19,20)(H,21,22). The lowest BCUT2D eigenvalue weighted by Gasteiger charge is -2.42. The summed E-state index contributed by atoms with van der Waals surface area (Å²) >= 11 is 0. The van der Waals surface area contributed by atoms with Crippen molar-refractivity contribution in [2.24, 2.45) is 5.41 Å². The second kappa shape index (κ2) is 8.79. The minimum absolute atomic E-state index is 0.0180. The van der Waals surface area contributed by atoms with Crippen LogP contribution in [-0.4, -0.2) is 81.8 Å². The summed E-state index contributed by atoms with van der Waals surface area (Å²) < 4.78 is 0. The Balaban J connectivity index is 2.88. The summed E-state index contributed by atoms with van der Waals surface area (Å²) in [4.78, 5) is 24.9. The van der Waals surface area contributed by atoms with E-state index in [1.165, 1.54) is 0 Å². The summed E-state index contributed by atoms with van der Waals surface area (Å²) in [5.74, 6) is 0. The van der Waals surface area contributed by atoms with Gasteiger partial charge >= 0.3 is 12.2 Å². The lowest BCUT2D eigenvalue weighted by Crippen LogP contribution is -2.50. The van der Waals surface area contributed by atoms with E-state index in [1.807, 2.05) is 0 Å². The van der Waals surface area contributed by atoms with Crippen LogP contribution in [0.5, 0.6) is 0 Å². The molecule has 0 saturated heterocycles. The first-order valence-electron chi connectivity index (χ1n) is 7.61. The van der Waals surface area contributed by atoms with E-state index in [9.17, 15) is 19.8 Å². The summed E-state index contributed by atoms with van der Waals surface area (Å²) in [6.45, 7) is -0.0756. The molecule has 128 valence electrons. The molecule has 8 heteroatoms. The average molecular weight is 318 g/mol. The van der Waals surface area contributed by atoms with E-state index in [-0.39, 0.29) is 39.4 Å². The molecule has 0 aromatic carbocycles. The van der Waals surface area contributed by atoms with Gasteiger partial charge in [0.2, 0.25) is 0 Å². The summed E-state index contributed by atoms with van der Waals surface area (Å²) in [6, 6.07) is 0. The molecule has 0 spiro atoms. The number of nitrogens with zero attached hydrogens (tertiary/aromatic N) is 2. The molecule has 0 aromatic heterocycles. The Morgan fingerprint density at radius 2 is 1.23 bits per heavy atom. The first-order chi connectivity index (χ1) is 10.4. The van der Waals surface area contributed by atoms with E-state index in [1.54, 1.807) is 0 Å². The summed E-state index contributed by atoms with van der Waals surface area (Å²) in [5.41, 5.74) is -0.445. The molecule has 1 saturated carbocycles. The molecule has 0 aliphatic heterocycles. The van der Waals surface area contributed by atoms with Crippen molar-refractivity contribution in [1.29, 1.82) is 0 Å². The number of hydrogen-bond acceptors (Lipinski definition) is 4. The highest BCUT2D eigenvalue weighted by molar-refractivity contribution is 5.66. The molecule has 2 amide bonds. The van der Waals surface area contributed by atoms with Crippen molar-refractivity contribution in [3.8, 4) is 0 Å². The quantitative estimate of drug-likeness (QED) is 0.527. The van der Waals surface area contributed by atoms with Crippen molar-refractivity contribution >= 4 is 12.2 Å². The van der Waals surface area contributed by atoms with E-state index in [0.29, 0.717) is 0 Å². The van der Waals surface area contributed by atoms with Crippen LogP contribution >= 0.6 is 0 Å². The third-order valence-electron chi connectivity index (χ3n) is 4.25. The number of aliphatic hydroxyl groups excluding tert-OH is 2. The summed E-state index contributed by atoms with van der Waals surface area (Å²) in [5, 5.41) is 36.5. The van der Waals surface area contributed by atoms with Crippen LogP contribution in [-0.2, 0) is 0 Å². The average Bonchev–Trinajstić information content (AvgIpc) is 2.47. The third-order valence-corrected chi connectivity index (χ3v) is 4.25. The fourth-order valence-corrected chi connectivity index (χ4v) is 3.20. The van der Waals surface area contributed by atoms with Gasteiger partial charge in [0.05, 0.1) is 13.2 Å². The highest BCUT2D eigenvalue weighted by atomic mass is 16.4. The molecule has 0 aromatic rings. The van der Waals surface area contributed by atoms with Crippen LogP contribution in [0.25, 0.3) is 0 Å². The van der Waals surface area contributed by atoms with Gasteiger partial charge in [0.15, 0.2) is 0 Å². The predicted molar refractivity (Wildman–Crippen MR) is 78.9 cm³/mol. The maximum Gasteiger partial charge on any atom is 0.407 e. The number of hydrogen-bond donors (Lipinski definition) is 4. The second-order valence-corrected chi connectivity index (χ2v) is 5.92. The molecule has 8 nitrogen and oxygen atoms in total. The van der Waals surface area contributed by atoms with Crippen LogP contribution in [0.4, 0.5) is 9.59 Å². The van der Waals surface area contributed by atoms with Crippen LogP contribution in [0.1, 0.15) is 32.1 Å². The number of carboxylic acid groups (broad SMARTS) is 2.